The molecule has 0 atom stereocenters. The molecule has 21 heavy (non-hydrogen) atoms. The summed E-state index contributed by atoms with van der Waals surface area (Å²) in [4.78, 5) is 11.2. The standard InChI is InChI=1S/C12H16F2N2O4S/c1-12(2,20-3)6-16-11(17)8-4-7(21(15,18)19)5-9(13)10(8)14/h4-5H,6H2,1-3H3,(H,16,17)(H2,15,18,19). The minimum atomic E-state index is -4.26. The van der Waals surface area contributed by atoms with Crippen LogP contribution < -0.4 is 10.5 Å². The average molecular weight is 322 g/mol. The van der Waals surface area contributed by atoms with Gasteiger partial charge < -0.3 is 10.1 Å². The number of nitrogens with two attached hydrogens (primary N) is 1. The topological polar surface area (TPSA) is 98.5 Å². The molecule has 0 saturated carbocycles. The van der Waals surface area contributed by atoms with Crippen LogP contribution in [0, 0.1) is 11.6 Å². The Morgan fingerprint density at radius 1 is 1.38 bits per heavy atom. The second-order valence-electron chi connectivity index (χ2n) is 4.96. The smallest absolute Gasteiger partial charge is 0.254 e. The molecule has 1 amide bonds. The van der Waals surface area contributed by atoms with Crippen molar-refractivity contribution in [2.45, 2.75) is 24.3 Å². The van der Waals surface area contributed by atoms with Crippen molar-refractivity contribution in [2.24, 2.45) is 5.14 Å². The van der Waals surface area contributed by atoms with E-state index in [1.807, 2.05) is 0 Å². The van der Waals surface area contributed by atoms with Gasteiger partial charge in [-0.1, -0.05) is 0 Å². The molecule has 9 heteroatoms. The lowest BCUT2D eigenvalue weighted by Crippen LogP contribution is -2.40. The molecule has 0 aliphatic heterocycles. The van der Waals surface area contributed by atoms with Gasteiger partial charge in [0.2, 0.25) is 10.0 Å². The van der Waals surface area contributed by atoms with Crippen molar-refractivity contribution in [3.8, 4) is 0 Å². The van der Waals surface area contributed by atoms with Crippen LogP contribution in [0.4, 0.5) is 8.78 Å². The van der Waals surface area contributed by atoms with Crippen LogP contribution in [0.15, 0.2) is 17.0 Å². The molecule has 6 nitrogen and oxygen atoms in total. The lowest BCUT2D eigenvalue weighted by atomic mass is 10.1. The van der Waals surface area contributed by atoms with Gasteiger partial charge >= 0.3 is 0 Å². The summed E-state index contributed by atoms with van der Waals surface area (Å²) in [5, 5.41) is 7.17. The van der Waals surface area contributed by atoms with E-state index in [1.165, 1.54) is 7.11 Å². The molecule has 118 valence electrons. The second-order valence-corrected chi connectivity index (χ2v) is 6.52. The largest absolute Gasteiger partial charge is 0.377 e. The van der Waals surface area contributed by atoms with Crippen LogP contribution in [0.2, 0.25) is 0 Å². The number of amides is 1. The lowest BCUT2D eigenvalue weighted by Gasteiger charge is -2.23. The molecule has 0 saturated heterocycles. The van der Waals surface area contributed by atoms with Crippen LogP contribution in [-0.2, 0) is 14.8 Å². The normalized spacial score (nSPS) is 12.3. The second kappa shape index (κ2) is 6.04. The highest BCUT2D eigenvalue weighted by molar-refractivity contribution is 7.89. The summed E-state index contributed by atoms with van der Waals surface area (Å²) in [6.45, 7) is 3.36. The number of sulfonamides is 1. The Balaban J connectivity index is 3.13. The Labute approximate surface area is 121 Å². The molecular formula is C12H16F2N2O4S. The average Bonchev–Trinajstić information content (AvgIpc) is 2.38. The van der Waals surface area contributed by atoms with Crippen molar-refractivity contribution in [1.82, 2.24) is 5.32 Å². The first-order chi connectivity index (χ1) is 9.48. The van der Waals surface area contributed by atoms with E-state index in [0.717, 1.165) is 0 Å². The Hall–Kier alpha value is -1.58. The summed E-state index contributed by atoms with van der Waals surface area (Å²) >= 11 is 0. The number of carbonyl (C=O) groups is 1. The molecule has 0 aromatic heterocycles. The van der Waals surface area contributed by atoms with Gasteiger partial charge in [0.1, 0.15) is 0 Å². The number of hydrogen-bond acceptors (Lipinski definition) is 4. The van der Waals surface area contributed by atoms with Crippen molar-refractivity contribution in [1.29, 1.82) is 0 Å². The van der Waals surface area contributed by atoms with Gasteiger partial charge in [-0.25, -0.2) is 22.3 Å². The molecule has 1 aromatic carbocycles. The first-order valence-corrected chi connectivity index (χ1v) is 7.38. The number of methoxy groups -OCH3 is 1. The van der Waals surface area contributed by atoms with Crippen LogP contribution in [0.1, 0.15) is 24.2 Å². The summed E-state index contributed by atoms with van der Waals surface area (Å²) in [5.74, 6) is -3.89. The van der Waals surface area contributed by atoms with Gasteiger partial charge in [0.05, 0.1) is 16.1 Å². The van der Waals surface area contributed by atoms with E-state index in [2.05, 4.69) is 5.32 Å². The van der Waals surface area contributed by atoms with Gasteiger partial charge in [-0.05, 0) is 26.0 Å². The van der Waals surface area contributed by atoms with Crippen molar-refractivity contribution >= 4 is 15.9 Å². The zero-order valence-corrected chi connectivity index (χ0v) is 12.6. The molecule has 0 fully saturated rings. The van der Waals surface area contributed by atoms with Crippen molar-refractivity contribution < 1.29 is 26.7 Å². The Kier molecular flexibility index (Phi) is 5.03. The first-order valence-electron chi connectivity index (χ1n) is 5.83. The number of rotatable bonds is 5. The van der Waals surface area contributed by atoms with E-state index in [0.29, 0.717) is 12.1 Å². The zero-order valence-electron chi connectivity index (χ0n) is 11.7. The summed E-state index contributed by atoms with van der Waals surface area (Å²) in [6, 6.07) is 1.10. The number of ether oxygens (including phenoxy) is 1. The van der Waals surface area contributed by atoms with E-state index < -0.39 is 43.6 Å². The monoisotopic (exact) mass is 322 g/mol. The highest BCUT2D eigenvalue weighted by Crippen LogP contribution is 2.18. The van der Waals surface area contributed by atoms with E-state index in [9.17, 15) is 22.0 Å². The molecule has 0 aliphatic carbocycles. The maximum Gasteiger partial charge on any atom is 0.254 e. The maximum absolute atomic E-state index is 13.6. The fourth-order valence-electron chi connectivity index (χ4n) is 1.35. The minimum absolute atomic E-state index is 0.0169. The molecule has 0 spiro atoms. The molecule has 0 radical (unpaired) electrons. The third-order valence-electron chi connectivity index (χ3n) is 2.80. The number of nitrogens with one attached hydrogen (secondary N) is 1. The summed E-state index contributed by atoms with van der Waals surface area (Å²) in [5.41, 5.74) is -1.46. The number of benzene rings is 1. The molecule has 3 N–H and O–H groups in total. The SMILES string of the molecule is COC(C)(C)CNC(=O)c1cc(S(N)(=O)=O)cc(F)c1F. The van der Waals surface area contributed by atoms with Gasteiger partial charge in [0, 0.05) is 13.7 Å². The van der Waals surface area contributed by atoms with E-state index >= 15 is 0 Å². The molecule has 0 heterocycles. The van der Waals surface area contributed by atoms with Gasteiger partial charge in [-0.15, -0.1) is 0 Å². The van der Waals surface area contributed by atoms with Crippen LogP contribution in [0.3, 0.4) is 0 Å². The fraction of sp³-hybridized carbons (Fsp3) is 0.417. The molecular weight excluding hydrogens is 306 g/mol. The predicted molar refractivity (Wildman–Crippen MR) is 71.2 cm³/mol. The summed E-state index contributed by atoms with van der Waals surface area (Å²) in [7, 11) is -2.83. The van der Waals surface area contributed by atoms with Crippen LogP contribution in [0.5, 0.6) is 0 Å². The zero-order chi connectivity index (χ0) is 16.4. The van der Waals surface area contributed by atoms with Gasteiger partial charge in [0.15, 0.2) is 11.6 Å². The van der Waals surface area contributed by atoms with Gasteiger partial charge in [0.25, 0.3) is 5.91 Å². The number of halogens is 2. The molecule has 1 aromatic rings. The molecule has 0 bridgehead atoms. The van der Waals surface area contributed by atoms with E-state index in [1.54, 1.807) is 13.8 Å². The van der Waals surface area contributed by atoms with Crippen molar-refractivity contribution in [3.05, 3.63) is 29.3 Å². The Morgan fingerprint density at radius 3 is 2.43 bits per heavy atom. The van der Waals surface area contributed by atoms with Crippen LogP contribution >= 0.6 is 0 Å². The van der Waals surface area contributed by atoms with E-state index in [4.69, 9.17) is 9.88 Å². The predicted octanol–water partition coefficient (Wildman–Crippen LogP) is 0.767. The van der Waals surface area contributed by atoms with E-state index in [-0.39, 0.29) is 6.54 Å². The highest BCUT2D eigenvalue weighted by atomic mass is 32.2. The Bertz CT molecular complexity index is 659. The van der Waals surface area contributed by atoms with Crippen LogP contribution in [0.25, 0.3) is 0 Å². The molecule has 0 unspecified atom stereocenters. The minimum Gasteiger partial charge on any atom is -0.377 e. The maximum atomic E-state index is 13.6. The Morgan fingerprint density at radius 2 is 1.95 bits per heavy atom. The number of carbonyl (C=O) groups excluding carboxylic acids is 1. The summed E-state index contributed by atoms with van der Waals surface area (Å²) in [6.07, 6.45) is 0. The van der Waals surface area contributed by atoms with Crippen LogP contribution in [-0.4, -0.2) is 33.6 Å². The molecule has 0 aliphatic rings. The fourth-order valence-corrected chi connectivity index (χ4v) is 1.90. The number of primary sulfonamides is 1. The van der Waals surface area contributed by atoms with Gasteiger partial charge in [-0.3, -0.25) is 4.79 Å². The lowest BCUT2D eigenvalue weighted by molar-refractivity contribution is 0.0228. The quantitative estimate of drug-likeness (QED) is 0.836. The van der Waals surface area contributed by atoms with Gasteiger partial charge in [-0.2, -0.15) is 0 Å². The summed E-state index contributed by atoms with van der Waals surface area (Å²) < 4.78 is 54.4. The molecule has 1 rings (SSSR count). The third-order valence-corrected chi connectivity index (χ3v) is 3.69. The first kappa shape index (κ1) is 17.5. The van der Waals surface area contributed by atoms with Crippen molar-refractivity contribution in [3.63, 3.8) is 0 Å². The third kappa shape index (κ3) is 4.45. The van der Waals surface area contributed by atoms with Crippen molar-refractivity contribution in [2.75, 3.05) is 13.7 Å². The highest BCUT2D eigenvalue weighted by Gasteiger charge is 2.23. The number of hydrogen-bond donors (Lipinski definition) is 2.